The van der Waals surface area contributed by atoms with Crippen LogP contribution in [-0.2, 0) is 6.61 Å². The maximum Gasteiger partial charge on any atom is 0.205 e. The third-order valence-corrected chi connectivity index (χ3v) is 2.84. The second-order valence-electron chi connectivity index (χ2n) is 2.99. The molecule has 1 fully saturated rings. The zero-order chi connectivity index (χ0) is 8.55. The van der Waals surface area contributed by atoms with E-state index >= 15 is 0 Å². The van der Waals surface area contributed by atoms with E-state index in [1.165, 1.54) is 24.4 Å². The Bertz CT molecular complexity index is 271. The average Bonchev–Trinajstić information content (AvgIpc) is 2.82. The highest BCUT2D eigenvalue weighted by Crippen LogP contribution is 2.30. The molecule has 0 radical (unpaired) electrons. The fraction of sp³-hybridized carbons (Fsp3) is 0.714. The predicted octanol–water partition coefficient (Wildman–Crippen LogP) is 0.629. The summed E-state index contributed by atoms with van der Waals surface area (Å²) in [6, 6.07) is 0.657. The first kappa shape index (κ1) is 7.94. The maximum atomic E-state index is 8.75. The third kappa shape index (κ3) is 1.42. The Morgan fingerprint density at radius 1 is 1.67 bits per heavy atom. The van der Waals surface area contributed by atoms with Crippen LogP contribution in [0, 0.1) is 0 Å². The van der Waals surface area contributed by atoms with Gasteiger partial charge in [-0.25, -0.2) is 4.98 Å². The summed E-state index contributed by atoms with van der Waals surface area (Å²) in [6.07, 6.45) is 2.51. The molecule has 1 N–H and O–H groups in total. The summed E-state index contributed by atoms with van der Waals surface area (Å²) >= 11 is 1.36. The summed E-state index contributed by atoms with van der Waals surface area (Å²) in [5.41, 5.74) is 0. The van der Waals surface area contributed by atoms with E-state index in [9.17, 15) is 0 Å². The van der Waals surface area contributed by atoms with Crippen LogP contribution < -0.4 is 4.90 Å². The molecule has 1 saturated carbocycles. The molecule has 12 heavy (non-hydrogen) atoms. The molecule has 66 valence electrons. The number of hydrogen-bond donors (Lipinski definition) is 1. The summed E-state index contributed by atoms with van der Waals surface area (Å²) in [7, 11) is 2.03. The number of hydrogen-bond acceptors (Lipinski definition) is 5. The molecule has 0 bridgehead atoms. The maximum absolute atomic E-state index is 8.75. The van der Waals surface area contributed by atoms with Crippen molar-refractivity contribution in [1.29, 1.82) is 0 Å². The van der Waals surface area contributed by atoms with Crippen LogP contribution in [0.25, 0.3) is 0 Å². The van der Waals surface area contributed by atoms with Crippen molar-refractivity contribution in [2.75, 3.05) is 11.9 Å². The molecule has 1 aromatic rings. The first-order chi connectivity index (χ1) is 5.81. The van der Waals surface area contributed by atoms with Gasteiger partial charge in [0.1, 0.15) is 6.61 Å². The van der Waals surface area contributed by atoms with Gasteiger partial charge in [0.2, 0.25) is 5.13 Å². The zero-order valence-electron chi connectivity index (χ0n) is 6.90. The van der Waals surface area contributed by atoms with Crippen molar-refractivity contribution < 1.29 is 5.11 Å². The molecule has 4 nitrogen and oxygen atoms in total. The van der Waals surface area contributed by atoms with Crippen molar-refractivity contribution in [2.45, 2.75) is 25.5 Å². The van der Waals surface area contributed by atoms with Gasteiger partial charge in [-0.3, -0.25) is 0 Å². The Morgan fingerprint density at radius 2 is 2.42 bits per heavy atom. The van der Waals surface area contributed by atoms with E-state index in [1.54, 1.807) is 0 Å². The second-order valence-corrected chi connectivity index (χ2v) is 3.72. The molecule has 0 aliphatic heterocycles. The minimum absolute atomic E-state index is 0.0605. The van der Waals surface area contributed by atoms with Crippen molar-refractivity contribution >= 4 is 16.7 Å². The largest absolute Gasteiger partial charge is 0.388 e. The SMILES string of the molecule is CN(c1nc(CO)ns1)C1CC1. The van der Waals surface area contributed by atoms with Gasteiger partial charge in [-0.2, -0.15) is 4.37 Å². The van der Waals surface area contributed by atoms with E-state index in [4.69, 9.17) is 5.11 Å². The summed E-state index contributed by atoms with van der Waals surface area (Å²) in [6.45, 7) is -0.0605. The molecule has 1 aliphatic carbocycles. The zero-order valence-corrected chi connectivity index (χ0v) is 7.71. The highest BCUT2D eigenvalue weighted by molar-refractivity contribution is 7.09. The smallest absolute Gasteiger partial charge is 0.205 e. The van der Waals surface area contributed by atoms with Crippen molar-refractivity contribution in [2.24, 2.45) is 0 Å². The molecule has 0 amide bonds. The normalized spacial score (nSPS) is 16.5. The van der Waals surface area contributed by atoms with Gasteiger partial charge in [-0.1, -0.05) is 0 Å². The number of aliphatic hydroxyl groups excluding tert-OH is 1. The van der Waals surface area contributed by atoms with Crippen LogP contribution in [0.3, 0.4) is 0 Å². The minimum Gasteiger partial charge on any atom is -0.388 e. The van der Waals surface area contributed by atoms with E-state index < -0.39 is 0 Å². The topological polar surface area (TPSA) is 49.2 Å². The Hall–Kier alpha value is -0.680. The highest BCUT2D eigenvalue weighted by Gasteiger charge is 2.28. The Balaban J connectivity index is 2.10. The van der Waals surface area contributed by atoms with Crippen LogP contribution in [-0.4, -0.2) is 27.6 Å². The van der Waals surface area contributed by atoms with E-state index in [-0.39, 0.29) is 6.61 Å². The molecule has 0 aromatic carbocycles. The molecule has 0 spiro atoms. The van der Waals surface area contributed by atoms with E-state index in [0.717, 1.165) is 5.13 Å². The Kier molecular flexibility index (Phi) is 1.98. The second kappa shape index (κ2) is 2.99. The van der Waals surface area contributed by atoms with Gasteiger partial charge < -0.3 is 10.0 Å². The van der Waals surface area contributed by atoms with Gasteiger partial charge in [0.25, 0.3) is 0 Å². The first-order valence-electron chi connectivity index (χ1n) is 3.97. The third-order valence-electron chi connectivity index (χ3n) is 2.00. The lowest BCUT2D eigenvalue weighted by molar-refractivity contribution is 0.273. The lowest BCUT2D eigenvalue weighted by Crippen LogP contribution is -2.18. The van der Waals surface area contributed by atoms with Gasteiger partial charge in [0.15, 0.2) is 5.82 Å². The van der Waals surface area contributed by atoms with E-state index in [1.807, 2.05) is 7.05 Å². The van der Waals surface area contributed by atoms with Crippen LogP contribution in [0.15, 0.2) is 0 Å². The number of aliphatic hydroxyl groups is 1. The summed E-state index contributed by atoms with van der Waals surface area (Å²) in [5, 5.41) is 9.67. The van der Waals surface area contributed by atoms with Gasteiger partial charge in [0, 0.05) is 24.6 Å². The highest BCUT2D eigenvalue weighted by atomic mass is 32.1. The number of aromatic nitrogens is 2. The van der Waals surface area contributed by atoms with Gasteiger partial charge >= 0.3 is 0 Å². The van der Waals surface area contributed by atoms with Crippen LogP contribution >= 0.6 is 11.5 Å². The molecular weight excluding hydrogens is 174 g/mol. The van der Waals surface area contributed by atoms with Crippen LogP contribution in [0.4, 0.5) is 5.13 Å². The molecule has 1 aliphatic rings. The molecule has 2 rings (SSSR count). The fourth-order valence-corrected chi connectivity index (χ4v) is 1.78. The number of anilines is 1. The Labute approximate surface area is 75.0 Å². The quantitative estimate of drug-likeness (QED) is 0.750. The first-order valence-corrected chi connectivity index (χ1v) is 4.75. The fourth-order valence-electron chi connectivity index (χ4n) is 1.07. The van der Waals surface area contributed by atoms with Crippen LogP contribution in [0.5, 0.6) is 0 Å². The lowest BCUT2D eigenvalue weighted by Gasteiger charge is -2.12. The van der Waals surface area contributed by atoms with Gasteiger partial charge in [-0.15, -0.1) is 0 Å². The monoisotopic (exact) mass is 185 g/mol. The molecule has 0 atom stereocenters. The molecular formula is C7H11N3OS. The standard InChI is InChI=1S/C7H11N3OS/c1-10(5-2-3-5)7-8-6(4-11)9-12-7/h5,11H,2-4H2,1H3. The van der Waals surface area contributed by atoms with Crippen LogP contribution in [0.1, 0.15) is 18.7 Å². The summed E-state index contributed by atoms with van der Waals surface area (Å²) in [4.78, 5) is 6.31. The molecule has 0 unspecified atom stereocenters. The number of nitrogens with zero attached hydrogens (tertiary/aromatic N) is 3. The van der Waals surface area contributed by atoms with Crippen LogP contribution in [0.2, 0.25) is 0 Å². The van der Waals surface area contributed by atoms with E-state index in [2.05, 4.69) is 14.3 Å². The molecule has 1 aromatic heterocycles. The Morgan fingerprint density at radius 3 is 2.92 bits per heavy atom. The van der Waals surface area contributed by atoms with Crippen molar-refractivity contribution in [3.05, 3.63) is 5.82 Å². The summed E-state index contributed by atoms with van der Waals surface area (Å²) in [5.74, 6) is 0.530. The van der Waals surface area contributed by atoms with Crippen molar-refractivity contribution in [3.63, 3.8) is 0 Å². The molecule has 0 saturated heterocycles. The van der Waals surface area contributed by atoms with Crippen molar-refractivity contribution in [1.82, 2.24) is 9.36 Å². The summed E-state index contributed by atoms with van der Waals surface area (Å²) < 4.78 is 4.00. The van der Waals surface area contributed by atoms with Gasteiger partial charge in [-0.05, 0) is 12.8 Å². The van der Waals surface area contributed by atoms with Crippen molar-refractivity contribution in [3.8, 4) is 0 Å². The molecule has 5 heteroatoms. The minimum atomic E-state index is -0.0605. The average molecular weight is 185 g/mol. The lowest BCUT2D eigenvalue weighted by atomic mass is 10.6. The van der Waals surface area contributed by atoms with Gasteiger partial charge in [0.05, 0.1) is 0 Å². The molecule has 1 heterocycles. The number of rotatable bonds is 3. The predicted molar refractivity (Wildman–Crippen MR) is 47.3 cm³/mol. The van der Waals surface area contributed by atoms with E-state index in [0.29, 0.717) is 11.9 Å².